The van der Waals surface area contributed by atoms with Crippen LogP contribution in [0.5, 0.6) is 0 Å². The van der Waals surface area contributed by atoms with Gasteiger partial charge in [0.05, 0.1) is 5.39 Å². The van der Waals surface area contributed by atoms with Gasteiger partial charge < -0.3 is 8.83 Å². The normalized spacial score (nSPS) is 11.4. The van der Waals surface area contributed by atoms with Crippen molar-refractivity contribution in [1.29, 1.82) is 0 Å². The SMILES string of the molecule is Cc1ccc2c(c1)oc(=O)c1cc(C)oc12. The maximum absolute atomic E-state index is 11.7. The molecular weight excluding hydrogens is 204 g/mol. The Morgan fingerprint density at radius 2 is 1.81 bits per heavy atom. The van der Waals surface area contributed by atoms with Gasteiger partial charge in [-0.1, -0.05) is 6.07 Å². The van der Waals surface area contributed by atoms with Crippen molar-refractivity contribution in [2.75, 3.05) is 0 Å². The monoisotopic (exact) mass is 214 g/mol. The van der Waals surface area contributed by atoms with Crippen LogP contribution >= 0.6 is 0 Å². The van der Waals surface area contributed by atoms with Crippen molar-refractivity contribution < 1.29 is 8.83 Å². The fraction of sp³-hybridized carbons (Fsp3) is 0.154. The fourth-order valence-electron chi connectivity index (χ4n) is 1.92. The predicted molar refractivity (Wildman–Crippen MR) is 61.7 cm³/mol. The molecule has 0 fully saturated rings. The predicted octanol–water partition coefficient (Wildman–Crippen LogP) is 3.16. The molecule has 0 saturated heterocycles. The van der Waals surface area contributed by atoms with Crippen molar-refractivity contribution in [2.24, 2.45) is 0 Å². The first-order chi connectivity index (χ1) is 7.65. The highest BCUT2D eigenvalue weighted by Gasteiger charge is 2.11. The van der Waals surface area contributed by atoms with Gasteiger partial charge in [0.25, 0.3) is 0 Å². The number of benzene rings is 1. The van der Waals surface area contributed by atoms with Crippen LogP contribution in [0.2, 0.25) is 0 Å². The van der Waals surface area contributed by atoms with Gasteiger partial charge in [-0.2, -0.15) is 0 Å². The molecule has 0 atom stereocenters. The molecule has 2 aromatic heterocycles. The van der Waals surface area contributed by atoms with Gasteiger partial charge in [0.15, 0.2) is 5.58 Å². The van der Waals surface area contributed by atoms with Crippen LogP contribution < -0.4 is 5.63 Å². The molecule has 80 valence electrons. The molecule has 0 amide bonds. The molecule has 0 aliphatic rings. The molecule has 0 aliphatic carbocycles. The van der Waals surface area contributed by atoms with E-state index in [0.717, 1.165) is 16.7 Å². The first-order valence-corrected chi connectivity index (χ1v) is 5.09. The van der Waals surface area contributed by atoms with E-state index in [1.54, 1.807) is 6.07 Å². The molecule has 2 heterocycles. The molecule has 0 N–H and O–H groups in total. The molecule has 3 rings (SSSR count). The lowest BCUT2D eigenvalue weighted by molar-refractivity contribution is 0.559. The molecule has 0 saturated carbocycles. The number of rotatable bonds is 0. The molecule has 3 nitrogen and oxygen atoms in total. The quantitative estimate of drug-likeness (QED) is 0.540. The summed E-state index contributed by atoms with van der Waals surface area (Å²) >= 11 is 0. The Kier molecular flexibility index (Phi) is 1.72. The summed E-state index contributed by atoms with van der Waals surface area (Å²) in [6.07, 6.45) is 0. The van der Waals surface area contributed by atoms with Gasteiger partial charge >= 0.3 is 5.63 Å². The molecule has 16 heavy (non-hydrogen) atoms. The zero-order chi connectivity index (χ0) is 11.3. The van der Waals surface area contributed by atoms with Gasteiger partial charge in [-0.25, -0.2) is 4.79 Å². The lowest BCUT2D eigenvalue weighted by atomic mass is 10.1. The van der Waals surface area contributed by atoms with Gasteiger partial charge in [0.1, 0.15) is 16.7 Å². The van der Waals surface area contributed by atoms with E-state index in [0.29, 0.717) is 16.6 Å². The van der Waals surface area contributed by atoms with Gasteiger partial charge in [-0.05, 0) is 37.6 Å². The minimum atomic E-state index is -0.343. The van der Waals surface area contributed by atoms with Crippen LogP contribution in [0.3, 0.4) is 0 Å². The van der Waals surface area contributed by atoms with E-state index in [1.165, 1.54) is 0 Å². The van der Waals surface area contributed by atoms with Crippen LogP contribution in [0.1, 0.15) is 11.3 Å². The molecular formula is C13H10O3. The minimum Gasteiger partial charge on any atom is -0.460 e. The maximum Gasteiger partial charge on any atom is 0.347 e. The van der Waals surface area contributed by atoms with Gasteiger partial charge in [0, 0.05) is 0 Å². The molecule has 0 unspecified atom stereocenters. The van der Waals surface area contributed by atoms with Crippen LogP contribution in [-0.4, -0.2) is 0 Å². The highest BCUT2D eigenvalue weighted by atomic mass is 16.4. The zero-order valence-electron chi connectivity index (χ0n) is 9.03. The topological polar surface area (TPSA) is 43.4 Å². The van der Waals surface area contributed by atoms with Crippen molar-refractivity contribution in [2.45, 2.75) is 13.8 Å². The van der Waals surface area contributed by atoms with Crippen molar-refractivity contribution in [1.82, 2.24) is 0 Å². The average molecular weight is 214 g/mol. The Morgan fingerprint density at radius 1 is 1.00 bits per heavy atom. The molecule has 0 radical (unpaired) electrons. The Balaban J connectivity index is 2.63. The number of fused-ring (bicyclic) bond motifs is 3. The Bertz CT molecular complexity index is 747. The molecule has 1 aromatic carbocycles. The molecule has 0 aliphatic heterocycles. The molecule has 3 heteroatoms. The molecule has 0 spiro atoms. The van der Waals surface area contributed by atoms with Crippen LogP contribution in [0.15, 0.2) is 37.9 Å². The number of hydrogen-bond acceptors (Lipinski definition) is 3. The van der Waals surface area contributed by atoms with E-state index in [-0.39, 0.29) is 5.63 Å². The summed E-state index contributed by atoms with van der Waals surface area (Å²) in [6, 6.07) is 7.44. The summed E-state index contributed by atoms with van der Waals surface area (Å²) < 4.78 is 10.8. The van der Waals surface area contributed by atoms with E-state index in [2.05, 4.69) is 0 Å². The van der Waals surface area contributed by atoms with Crippen LogP contribution in [0.25, 0.3) is 21.9 Å². The summed E-state index contributed by atoms with van der Waals surface area (Å²) in [6.45, 7) is 3.77. The highest BCUT2D eigenvalue weighted by Crippen LogP contribution is 2.25. The third-order valence-electron chi connectivity index (χ3n) is 2.66. The molecule has 3 aromatic rings. The van der Waals surface area contributed by atoms with Crippen LogP contribution in [0, 0.1) is 13.8 Å². The second-order valence-corrected chi connectivity index (χ2v) is 3.99. The lowest BCUT2D eigenvalue weighted by Crippen LogP contribution is -1.97. The smallest absolute Gasteiger partial charge is 0.347 e. The number of hydrogen-bond donors (Lipinski definition) is 0. The van der Waals surface area contributed by atoms with E-state index >= 15 is 0 Å². The number of aryl methyl sites for hydroxylation is 2. The van der Waals surface area contributed by atoms with Crippen molar-refractivity contribution >= 4 is 21.9 Å². The summed E-state index contributed by atoms with van der Waals surface area (Å²) in [5.41, 5.74) is 1.90. The summed E-state index contributed by atoms with van der Waals surface area (Å²) in [5, 5.41) is 1.35. The maximum atomic E-state index is 11.7. The third kappa shape index (κ3) is 1.18. The van der Waals surface area contributed by atoms with Crippen molar-refractivity contribution in [3.05, 3.63) is 46.0 Å². The Labute approximate surface area is 91.3 Å². The third-order valence-corrected chi connectivity index (χ3v) is 2.66. The second kappa shape index (κ2) is 2.98. The van der Waals surface area contributed by atoms with Gasteiger partial charge in [-0.15, -0.1) is 0 Å². The van der Waals surface area contributed by atoms with Crippen LogP contribution in [0.4, 0.5) is 0 Å². The van der Waals surface area contributed by atoms with E-state index < -0.39 is 0 Å². The highest BCUT2D eigenvalue weighted by molar-refractivity contribution is 6.00. The minimum absolute atomic E-state index is 0.343. The lowest BCUT2D eigenvalue weighted by Gasteiger charge is -1.98. The van der Waals surface area contributed by atoms with Crippen LogP contribution in [-0.2, 0) is 0 Å². The van der Waals surface area contributed by atoms with E-state index in [1.807, 2.05) is 32.0 Å². The second-order valence-electron chi connectivity index (χ2n) is 3.99. The number of furan rings is 1. The summed E-state index contributed by atoms with van der Waals surface area (Å²) in [4.78, 5) is 11.7. The Morgan fingerprint density at radius 3 is 2.62 bits per heavy atom. The average Bonchev–Trinajstić information content (AvgIpc) is 2.60. The van der Waals surface area contributed by atoms with Gasteiger partial charge in [-0.3, -0.25) is 0 Å². The molecule has 0 bridgehead atoms. The Hall–Kier alpha value is -2.03. The van der Waals surface area contributed by atoms with Crippen molar-refractivity contribution in [3.63, 3.8) is 0 Å². The van der Waals surface area contributed by atoms with Crippen molar-refractivity contribution in [3.8, 4) is 0 Å². The first-order valence-electron chi connectivity index (χ1n) is 5.09. The largest absolute Gasteiger partial charge is 0.460 e. The van der Waals surface area contributed by atoms with Gasteiger partial charge in [0.2, 0.25) is 0 Å². The standard InChI is InChI=1S/C13H10O3/c1-7-3-4-9-11(5-7)16-13(14)10-6-8(2)15-12(9)10/h3-6H,1-2H3. The fourth-order valence-corrected chi connectivity index (χ4v) is 1.92. The summed E-state index contributed by atoms with van der Waals surface area (Å²) in [7, 11) is 0. The first kappa shape index (κ1) is 9.21. The summed E-state index contributed by atoms with van der Waals surface area (Å²) in [5.74, 6) is 0.718. The van der Waals surface area contributed by atoms with E-state index in [9.17, 15) is 4.79 Å². The zero-order valence-corrected chi connectivity index (χ0v) is 9.03. The van der Waals surface area contributed by atoms with E-state index in [4.69, 9.17) is 8.83 Å².